The monoisotopic (exact) mass is 460 g/mol. The Morgan fingerprint density at radius 2 is 1.84 bits per heavy atom. The van der Waals surface area contributed by atoms with E-state index in [1.165, 1.54) is 46.2 Å². The van der Waals surface area contributed by atoms with Crippen LogP contribution >= 0.6 is 11.3 Å². The minimum Gasteiger partial charge on any atom is -0.462 e. The van der Waals surface area contributed by atoms with Crippen molar-refractivity contribution in [1.29, 1.82) is 0 Å². The van der Waals surface area contributed by atoms with Crippen LogP contribution in [-0.2, 0) is 10.0 Å². The van der Waals surface area contributed by atoms with Crippen LogP contribution in [0.3, 0.4) is 0 Å². The van der Waals surface area contributed by atoms with Gasteiger partial charge in [-0.25, -0.2) is 13.4 Å². The number of nitrogens with one attached hydrogen (secondary N) is 2. The summed E-state index contributed by atoms with van der Waals surface area (Å²) < 4.78 is 32.1. The molecule has 31 heavy (non-hydrogen) atoms. The molecule has 0 atom stereocenters. The summed E-state index contributed by atoms with van der Waals surface area (Å²) in [5, 5.41) is 0.554. The number of hydrogen-bond donors (Lipinski definition) is 2. The van der Waals surface area contributed by atoms with Gasteiger partial charge in [0, 0.05) is 23.5 Å². The molecule has 0 aliphatic carbocycles. The molecule has 0 bridgehead atoms. The van der Waals surface area contributed by atoms with Crippen molar-refractivity contribution < 1.29 is 22.4 Å². The second-order valence-electron chi connectivity index (χ2n) is 6.95. The maximum absolute atomic E-state index is 12.7. The number of hydrazine groups is 1. The molecule has 1 fully saturated rings. The summed E-state index contributed by atoms with van der Waals surface area (Å²) in [6.07, 6.45) is 3.16. The van der Waals surface area contributed by atoms with Crippen LogP contribution in [0.15, 0.2) is 52.0 Å². The van der Waals surface area contributed by atoms with Crippen molar-refractivity contribution >= 4 is 33.2 Å². The number of hydrogen-bond acceptors (Lipinski definition) is 7. The number of nitrogens with zero attached hydrogens (tertiary/aromatic N) is 2. The average Bonchev–Trinajstić information content (AvgIpc) is 3.53. The fraction of sp³-hybridized carbons (Fsp3) is 0.250. The van der Waals surface area contributed by atoms with Crippen LogP contribution in [0, 0.1) is 6.92 Å². The molecular formula is C20H20N4O5S2. The molecule has 9 nitrogen and oxygen atoms in total. The molecule has 1 aliphatic heterocycles. The lowest BCUT2D eigenvalue weighted by atomic mass is 10.2. The zero-order valence-corrected chi connectivity index (χ0v) is 18.3. The van der Waals surface area contributed by atoms with Crippen LogP contribution in [-0.4, -0.2) is 42.6 Å². The zero-order valence-electron chi connectivity index (χ0n) is 16.6. The van der Waals surface area contributed by atoms with E-state index in [9.17, 15) is 18.0 Å². The van der Waals surface area contributed by atoms with Crippen molar-refractivity contribution in [1.82, 2.24) is 20.1 Å². The second kappa shape index (κ2) is 8.61. The lowest BCUT2D eigenvalue weighted by Crippen LogP contribution is -2.42. The van der Waals surface area contributed by atoms with Gasteiger partial charge in [0.1, 0.15) is 5.69 Å². The van der Waals surface area contributed by atoms with Crippen molar-refractivity contribution in [2.75, 3.05) is 13.1 Å². The maximum atomic E-state index is 12.7. The number of furan rings is 1. The fourth-order valence-corrected chi connectivity index (χ4v) is 5.68. The minimum absolute atomic E-state index is 0.0480. The Bertz CT molecular complexity index is 1210. The molecule has 0 unspecified atom stereocenters. The van der Waals surface area contributed by atoms with Gasteiger partial charge in [-0.05, 0) is 50.1 Å². The van der Waals surface area contributed by atoms with E-state index in [2.05, 4.69) is 15.8 Å². The third kappa shape index (κ3) is 4.38. The third-order valence-corrected chi connectivity index (χ3v) is 7.71. The molecule has 0 spiro atoms. The molecule has 3 heterocycles. The highest BCUT2D eigenvalue weighted by Gasteiger charge is 2.27. The molecular weight excluding hydrogens is 440 g/mol. The number of sulfonamides is 1. The molecule has 1 aromatic carbocycles. The Balaban J connectivity index is 1.44. The Kier molecular flexibility index (Phi) is 5.90. The van der Waals surface area contributed by atoms with Crippen molar-refractivity contribution in [2.24, 2.45) is 0 Å². The molecule has 2 N–H and O–H groups in total. The van der Waals surface area contributed by atoms with E-state index in [1.807, 2.05) is 0 Å². The molecule has 4 rings (SSSR count). The first kappa shape index (κ1) is 21.2. The number of amides is 2. The van der Waals surface area contributed by atoms with E-state index in [4.69, 9.17) is 4.42 Å². The van der Waals surface area contributed by atoms with Crippen LogP contribution in [0.1, 0.15) is 38.6 Å². The van der Waals surface area contributed by atoms with Gasteiger partial charge in [0.15, 0.2) is 10.8 Å². The van der Waals surface area contributed by atoms with Crippen molar-refractivity contribution in [3.63, 3.8) is 0 Å². The Morgan fingerprint density at radius 1 is 1.10 bits per heavy atom. The predicted molar refractivity (Wildman–Crippen MR) is 114 cm³/mol. The lowest BCUT2D eigenvalue weighted by molar-refractivity contribution is 0.0844. The summed E-state index contributed by atoms with van der Waals surface area (Å²) in [6.45, 7) is 2.69. The smallest absolute Gasteiger partial charge is 0.289 e. The van der Waals surface area contributed by atoms with Crippen molar-refractivity contribution in [3.05, 3.63) is 58.8 Å². The molecule has 11 heteroatoms. The lowest BCUT2D eigenvalue weighted by Gasteiger charge is -2.16. The van der Waals surface area contributed by atoms with Gasteiger partial charge in [-0.3, -0.25) is 20.4 Å². The van der Waals surface area contributed by atoms with Gasteiger partial charge in [0.25, 0.3) is 11.8 Å². The van der Waals surface area contributed by atoms with Gasteiger partial charge in [-0.1, -0.05) is 6.07 Å². The van der Waals surface area contributed by atoms with E-state index in [-0.39, 0.29) is 16.2 Å². The normalized spacial score (nSPS) is 14.5. The first-order valence-electron chi connectivity index (χ1n) is 9.58. The quantitative estimate of drug-likeness (QED) is 0.565. The highest BCUT2D eigenvalue weighted by Crippen LogP contribution is 2.27. The van der Waals surface area contributed by atoms with Gasteiger partial charge in [-0.2, -0.15) is 4.31 Å². The van der Waals surface area contributed by atoms with Crippen LogP contribution in [0.2, 0.25) is 0 Å². The number of carbonyl (C=O) groups is 2. The van der Waals surface area contributed by atoms with E-state index < -0.39 is 21.8 Å². The molecule has 2 amide bonds. The van der Waals surface area contributed by atoms with Gasteiger partial charge in [0.2, 0.25) is 10.0 Å². The summed E-state index contributed by atoms with van der Waals surface area (Å²) in [6, 6.07) is 9.21. The number of benzene rings is 1. The molecule has 162 valence electrons. The van der Waals surface area contributed by atoms with Gasteiger partial charge in [0.05, 0.1) is 11.2 Å². The summed E-state index contributed by atoms with van der Waals surface area (Å²) in [5.74, 6) is -0.668. The molecule has 3 aromatic rings. The number of carbonyl (C=O) groups excluding carboxylic acids is 2. The van der Waals surface area contributed by atoms with Crippen LogP contribution < -0.4 is 10.9 Å². The van der Waals surface area contributed by atoms with E-state index in [1.54, 1.807) is 19.1 Å². The zero-order chi connectivity index (χ0) is 22.0. The number of rotatable bonds is 5. The largest absolute Gasteiger partial charge is 0.462 e. The summed E-state index contributed by atoms with van der Waals surface area (Å²) in [4.78, 5) is 29.9. The Labute approximate surface area is 183 Å². The highest BCUT2D eigenvalue weighted by atomic mass is 32.2. The molecule has 0 saturated carbocycles. The predicted octanol–water partition coefficient (Wildman–Crippen LogP) is 2.57. The summed E-state index contributed by atoms with van der Waals surface area (Å²) >= 11 is 1.30. The third-order valence-electron chi connectivity index (χ3n) is 4.83. The van der Waals surface area contributed by atoms with Crippen LogP contribution in [0.25, 0.3) is 10.8 Å². The molecule has 0 radical (unpaired) electrons. The van der Waals surface area contributed by atoms with Crippen molar-refractivity contribution in [2.45, 2.75) is 24.7 Å². The first-order chi connectivity index (χ1) is 14.9. The van der Waals surface area contributed by atoms with E-state index >= 15 is 0 Å². The standard InChI is InChI=1S/C20H20N4O5S2/c1-13-17(21-20(30-13)16-8-5-11-29-16)19(26)23-22-18(25)14-6-4-7-15(12-14)31(27,28)24-9-2-3-10-24/h4-8,11-12H,2-3,9-10H2,1H3,(H,22,25)(H,23,26). The average molecular weight is 461 g/mol. The Morgan fingerprint density at radius 3 is 2.55 bits per heavy atom. The highest BCUT2D eigenvalue weighted by molar-refractivity contribution is 7.89. The summed E-state index contributed by atoms with van der Waals surface area (Å²) in [5.41, 5.74) is 4.92. The van der Waals surface area contributed by atoms with Gasteiger partial charge >= 0.3 is 0 Å². The van der Waals surface area contributed by atoms with Crippen molar-refractivity contribution in [3.8, 4) is 10.8 Å². The molecule has 1 aliphatic rings. The summed E-state index contributed by atoms with van der Waals surface area (Å²) in [7, 11) is -3.64. The maximum Gasteiger partial charge on any atom is 0.289 e. The topological polar surface area (TPSA) is 122 Å². The number of aryl methyl sites for hydroxylation is 1. The van der Waals surface area contributed by atoms with Crippen LogP contribution in [0.4, 0.5) is 0 Å². The fourth-order valence-electron chi connectivity index (χ4n) is 3.23. The molecule has 2 aromatic heterocycles. The number of aromatic nitrogens is 1. The van der Waals surface area contributed by atoms with E-state index in [0.717, 1.165) is 12.8 Å². The second-order valence-corrected chi connectivity index (χ2v) is 10.1. The van der Waals surface area contributed by atoms with Crippen LogP contribution in [0.5, 0.6) is 0 Å². The number of thiazole rings is 1. The SMILES string of the molecule is Cc1sc(-c2ccco2)nc1C(=O)NNC(=O)c1cccc(S(=O)(=O)N2CCCC2)c1. The minimum atomic E-state index is -3.64. The van der Waals surface area contributed by atoms with Gasteiger partial charge in [-0.15, -0.1) is 11.3 Å². The Hall–Kier alpha value is -3.02. The molecule has 1 saturated heterocycles. The first-order valence-corrected chi connectivity index (χ1v) is 11.8. The van der Waals surface area contributed by atoms with Gasteiger partial charge < -0.3 is 4.42 Å². The van der Waals surface area contributed by atoms with E-state index in [0.29, 0.717) is 28.7 Å².